The Morgan fingerprint density at radius 1 is 0.522 bits per heavy atom. The van der Waals surface area contributed by atoms with Crippen molar-refractivity contribution in [1.82, 2.24) is 0 Å². The molecule has 0 aromatic heterocycles. The van der Waals surface area contributed by atoms with E-state index in [0.29, 0.717) is 0 Å². The van der Waals surface area contributed by atoms with E-state index in [1.165, 1.54) is 0 Å². The molecule has 0 rings (SSSR count). The Morgan fingerprint density at radius 3 is 0.522 bits per heavy atom. The van der Waals surface area contributed by atoms with Crippen molar-refractivity contribution in [1.29, 1.82) is 0 Å². The van der Waals surface area contributed by atoms with Gasteiger partial charge < -0.3 is 61.3 Å². The van der Waals surface area contributed by atoms with Gasteiger partial charge in [-0.3, -0.25) is 0 Å². The van der Waals surface area contributed by atoms with E-state index in [2.05, 4.69) is 0 Å². The van der Waals surface area contributed by atoms with Crippen LogP contribution in [-0.4, -0.2) is 20.3 Å². The van der Waals surface area contributed by atoms with Gasteiger partial charge in [0.2, 0.25) is 0 Å². The van der Waals surface area contributed by atoms with Crippen LogP contribution in [0.15, 0.2) is 0 Å². The van der Waals surface area contributed by atoms with Gasteiger partial charge in [0.05, 0.1) is 20.3 Å². The molecule has 23 heteroatoms. The summed E-state index contributed by atoms with van der Waals surface area (Å²) >= 11 is -6.02. The van der Waals surface area contributed by atoms with E-state index in [1.807, 2.05) is 0 Å². The fourth-order valence-electron chi connectivity index (χ4n) is 0. The van der Waals surface area contributed by atoms with Crippen molar-refractivity contribution >= 4 is 0 Å². The monoisotopic (exact) mass is 571 g/mol. The minimum atomic E-state index is -6.02. The normalized spacial score (nSPS) is 6.70. The zero-order valence-electron chi connectivity index (χ0n) is 9.38. The van der Waals surface area contributed by atoms with E-state index in [0.717, 1.165) is 0 Å². The Bertz CT molecular complexity index is 330. The average molecular weight is 570 g/mol. The summed E-state index contributed by atoms with van der Waals surface area (Å²) in [6, 6.07) is 0. The van der Waals surface area contributed by atoms with Crippen LogP contribution in [0.1, 0.15) is 0 Å². The van der Waals surface area contributed by atoms with Gasteiger partial charge in [0.25, 0.3) is 0 Å². The number of rotatable bonds is 0. The molecule has 1 radical (unpaired) electrons. The molecule has 0 N–H and O–H groups in total. The minimum Gasteiger partial charge on any atom is 0 e. The van der Waals surface area contributed by atoms with E-state index in [-0.39, 0.29) is 36.0 Å². The van der Waals surface area contributed by atoms with E-state index < -0.39 is 37.1 Å². The van der Waals surface area contributed by atoms with Crippen LogP contribution in [0.4, 0.5) is 0 Å². The topological polar surface area (TPSA) is 345 Å². The fourth-order valence-corrected chi connectivity index (χ4v) is 0. The third kappa shape index (κ3) is 1880. The summed E-state index contributed by atoms with van der Waals surface area (Å²) in [6.45, 7) is 0. The van der Waals surface area contributed by atoms with Crippen molar-refractivity contribution in [2.24, 2.45) is 0 Å². The maximum atomic E-state index is 8.63. The van der Waals surface area contributed by atoms with Crippen LogP contribution in [0.5, 0.6) is 0 Å². The molecule has 23 heavy (non-hydrogen) atoms. The quantitative estimate of drug-likeness (QED) is 0.154. The summed E-state index contributed by atoms with van der Waals surface area (Å²) in [5.41, 5.74) is 0. The number of hydrogen-bond donors (Lipinski definition) is 0. The standard InChI is InChI=1S/Mo.4NO3.Ni.4O.Rh/c;4*2-1(3)4;;;;;;/q;4*-1;+2;;;2*-1;. The minimum absolute atomic E-state index is 0. The van der Waals surface area contributed by atoms with E-state index in [1.54, 1.807) is 0 Å². The third-order valence-electron chi connectivity index (χ3n) is 0. The van der Waals surface area contributed by atoms with Crippen molar-refractivity contribution in [3.63, 3.8) is 0 Å². The van der Waals surface area contributed by atoms with E-state index in [4.69, 9.17) is 75.6 Å². The van der Waals surface area contributed by atoms with Crippen LogP contribution >= 0.6 is 0 Å². The van der Waals surface area contributed by atoms with Crippen molar-refractivity contribution in [3.05, 3.63) is 61.3 Å². The molecule has 0 fully saturated rings. The first-order valence-electron chi connectivity index (χ1n) is 2.86. The molecule has 0 atom stereocenters. The first-order chi connectivity index (χ1) is 8.93. The largest absolute Gasteiger partial charge is 0 e. The van der Waals surface area contributed by atoms with Gasteiger partial charge in [-0.2, -0.15) is 0 Å². The summed E-state index contributed by atoms with van der Waals surface area (Å²) < 4.78 is 34.5. The van der Waals surface area contributed by atoms with Gasteiger partial charge in [0, 0.05) is 19.5 Å². The van der Waals surface area contributed by atoms with Crippen molar-refractivity contribution < 1.29 is 87.4 Å². The van der Waals surface area contributed by atoms with E-state index >= 15 is 0 Å². The predicted octanol–water partition coefficient (Wildman–Crippen LogP) is -3.58. The second-order valence-electron chi connectivity index (χ2n) is 1.30. The first-order valence-corrected chi connectivity index (χ1v) is 6.13. The van der Waals surface area contributed by atoms with Gasteiger partial charge in [0.15, 0.2) is 0 Å². The maximum Gasteiger partial charge on any atom is 0 e. The molecule has 0 aromatic rings. The van der Waals surface area contributed by atoms with Gasteiger partial charge >= 0.3 is 47.6 Å². The van der Waals surface area contributed by atoms with Gasteiger partial charge in [-0.1, -0.05) is 0 Å². The predicted molar refractivity (Wildman–Crippen MR) is 42.8 cm³/mol. The second-order valence-corrected chi connectivity index (χ2v) is 3.31. The molecule has 0 aliphatic heterocycles. The van der Waals surface area contributed by atoms with Gasteiger partial charge in [-0.05, 0) is 0 Å². The Labute approximate surface area is 148 Å². The van der Waals surface area contributed by atoms with Gasteiger partial charge in [-0.25, -0.2) is 0 Å². The Kier molecular flexibility index (Phi) is 52.8. The van der Waals surface area contributed by atoms with E-state index in [9.17, 15) is 0 Å². The smallest absolute Gasteiger partial charge is 0 e. The third-order valence-corrected chi connectivity index (χ3v) is 0. The number of hydrogen-bond acceptors (Lipinski definition) is 16. The average Bonchev–Trinajstić information content (AvgIpc) is 1.91. The van der Waals surface area contributed by atoms with Crippen LogP contribution in [0.3, 0.4) is 0 Å². The zero-order valence-corrected chi connectivity index (χ0v) is 14.0. The molecule has 0 saturated heterocycles. The summed E-state index contributed by atoms with van der Waals surface area (Å²) in [5.74, 6) is 0. The molecule has 0 amide bonds. The molecular formula is MoN4NiO16Rh-4. The Balaban J connectivity index is -0.0000000273. The van der Waals surface area contributed by atoms with Crippen LogP contribution in [-0.2, 0) is 59.5 Å². The van der Waals surface area contributed by atoms with Crippen LogP contribution in [0.25, 0.3) is 0 Å². The molecule has 0 unspecified atom stereocenters. The number of nitrogens with zero attached hydrogens (tertiary/aromatic N) is 4. The molecule has 0 bridgehead atoms. The zero-order chi connectivity index (χ0) is 18.8. The molecule has 0 aliphatic rings. The molecule has 0 spiro atoms. The maximum absolute atomic E-state index is 8.63. The summed E-state index contributed by atoms with van der Waals surface area (Å²) in [6.07, 6.45) is 0. The molecule has 0 saturated carbocycles. The fraction of sp³-hybridized carbons (Fsp3) is 0. The SMILES string of the molecule is O=[N+]([O-])[O-].O=[N+]([O-])[O-].O=[N+]([O-])[O-].O=[N+]([O-])[O-].[Ni+2].[O]=[Mo](=[O])([O-])[O-].[Rh]. The van der Waals surface area contributed by atoms with Crippen LogP contribution in [0, 0.1) is 61.3 Å². The molecule has 0 aromatic carbocycles. The molecule has 20 nitrogen and oxygen atoms in total. The summed E-state index contributed by atoms with van der Waals surface area (Å²) in [7, 11) is 0. The summed E-state index contributed by atoms with van der Waals surface area (Å²) in [4.78, 5) is 33.0. The Hall–Kier alpha value is -1.87. The van der Waals surface area contributed by atoms with Crippen molar-refractivity contribution in [2.45, 2.75) is 0 Å². The second kappa shape index (κ2) is 28.3. The van der Waals surface area contributed by atoms with Gasteiger partial charge in [0.1, 0.15) is 0 Å². The van der Waals surface area contributed by atoms with Gasteiger partial charge in [-0.15, -0.1) is 0 Å². The Morgan fingerprint density at radius 2 is 0.522 bits per heavy atom. The van der Waals surface area contributed by atoms with Crippen molar-refractivity contribution in [2.75, 3.05) is 0 Å². The molecule has 145 valence electrons. The van der Waals surface area contributed by atoms with Crippen molar-refractivity contribution in [3.8, 4) is 0 Å². The summed E-state index contributed by atoms with van der Waals surface area (Å²) in [5, 5.41) is 59.0. The first kappa shape index (κ1) is 42.9. The molecule has 0 heterocycles. The van der Waals surface area contributed by atoms with Crippen LogP contribution in [0.2, 0.25) is 0 Å². The molecule has 0 aliphatic carbocycles. The molecular weight excluding hydrogens is 570 g/mol. The van der Waals surface area contributed by atoms with Crippen LogP contribution < -0.4 is 7.52 Å².